The van der Waals surface area contributed by atoms with Crippen molar-refractivity contribution in [1.29, 1.82) is 0 Å². The molecule has 122 valence electrons. The maximum absolute atomic E-state index is 5.71. The van der Waals surface area contributed by atoms with Crippen LogP contribution in [0.5, 0.6) is 17.5 Å². The molecule has 2 N–H and O–H groups in total. The molecule has 0 aliphatic rings. The average molecular weight is 332 g/mol. The lowest BCUT2D eigenvalue weighted by Gasteiger charge is -2.22. The third kappa shape index (κ3) is 5.71. The van der Waals surface area contributed by atoms with Crippen molar-refractivity contribution >= 4 is 23.3 Å². The first kappa shape index (κ1) is 17.0. The lowest BCUT2D eigenvalue weighted by molar-refractivity contribution is 0.389. The molecule has 0 aliphatic carbocycles. The molecule has 6 nitrogen and oxygen atoms in total. The molecule has 0 spiro atoms. The van der Waals surface area contributed by atoms with Gasteiger partial charge in [-0.05, 0) is 45.1 Å². The molecule has 1 aromatic heterocycles. The molecule has 0 bridgehead atoms. The van der Waals surface area contributed by atoms with Crippen molar-refractivity contribution in [3.05, 3.63) is 36.4 Å². The number of methoxy groups -OCH3 is 1. The van der Waals surface area contributed by atoms with Gasteiger partial charge in [-0.2, -0.15) is 9.97 Å². The third-order valence-corrected chi connectivity index (χ3v) is 2.77. The molecule has 0 amide bonds. The van der Waals surface area contributed by atoms with E-state index in [4.69, 9.17) is 21.7 Å². The molecule has 2 rings (SSSR count). The van der Waals surface area contributed by atoms with Crippen LogP contribution in [0.4, 0.5) is 5.95 Å². The van der Waals surface area contributed by atoms with Gasteiger partial charge in [-0.3, -0.25) is 0 Å². The van der Waals surface area contributed by atoms with Gasteiger partial charge in [-0.15, -0.1) is 0 Å². The Morgan fingerprint density at radius 3 is 2.35 bits per heavy atom. The molecular weight excluding hydrogens is 312 g/mol. The summed E-state index contributed by atoms with van der Waals surface area (Å²) < 4.78 is 10.9. The van der Waals surface area contributed by atoms with Crippen LogP contribution in [0.25, 0.3) is 0 Å². The molecular formula is C16H20N4O2S. The fraction of sp³-hybridized carbons (Fsp3) is 0.312. The Morgan fingerprint density at radius 2 is 1.74 bits per heavy atom. The highest BCUT2D eigenvalue weighted by molar-refractivity contribution is 7.80. The van der Waals surface area contributed by atoms with E-state index in [1.807, 2.05) is 51.1 Å². The highest BCUT2D eigenvalue weighted by atomic mass is 32.1. The van der Waals surface area contributed by atoms with Crippen LogP contribution in [0.1, 0.15) is 20.8 Å². The number of benzene rings is 1. The van der Waals surface area contributed by atoms with Gasteiger partial charge in [-0.25, -0.2) is 0 Å². The summed E-state index contributed by atoms with van der Waals surface area (Å²) in [6, 6.07) is 11.0. The Kier molecular flexibility index (Phi) is 5.33. The van der Waals surface area contributed by atoms with Gasteiger partial charge in [0.05, 0.1) is 13.2 Å². The Labute approximate surface area is 141 Å². The van der Waals surface area contributed by atoms with Crippen LogP contribution >= 0.6 is 12.2 Å². The number of nitrogens with one attached hydrogen (secondary N) is 2. The number of hydrogen-bond donors (Lipinski definition) is 2. The standard InChI is InChI=1S/C16H20N4O2S/c1-16(2,3)20-15(23)19-14-17-12(21-4)10-13(18-14)22-11-8-6-5-7-9-11/h5-10H,1-4H3,(H2,17,18,19,20,23). The summed E-state index contributed by atoms with van der Waals surface area (Å²) in [5, 5.41) is 6.50. The molecule has 1 heterocycles. The summed E-state index contributed by atoms with van der Waals surface area (Å²) in [5.41, 5.74) is -0.160. The minimum atomic E-state index is -0.160. The van der Waals surface area contributed by atoms with Crippen molar-refractivity contribution in [2.75, 3.05) is 12.4 Å². The average Bonchev–Trinajstić information content (AvgIpc) is 2.45. The first-order chi connectivity index (χ1) is 10.9. The number of hydrogen-bond acceptors (Lipinski definition) is 5. The van der Waals surface area contributed by atoms with Crippen molar-refractivity contribution in [3.63, 3.8) is 0 Å². The normalized spacial score (nSPS) is 10.8. The van der Waals surface area contributed by atoms with Gasteiger partial charge in [0.2, 0.25) is 17.7 Å². The zero-order chi connectivity index (χ0) is 16.9. The van der Waals surface area contributed by atoms with Crippen LogP contribution in [0.15, 0.2) is 36.4 Å². The molecule has 0 radical (unpaired) electrons. The maximum Gasteiger partial charge on any atom is 0.235 e. The lowest BCUT2D eigenvalue weighted by Crippen LogP contribution is -2.43. The summed E-state index contributed by atoms with van der Waals surface area (Å²) in [7, 11) is 1.53. The fourth-order valence-corrected chi connectivity index (χ4v) is 2.10. The number of thiocarbonyl (C=S) groups is 1. The molecule has 0 unspecified atom stereocenters. The van der Waals surface area contributed by atoms with E-state index in [1.54, 1.807) is 6.07 Å². The zero-order valence-electron chi connectivity index (χ0n) is 13.6. The van der Waals surface area contributed by atoms with E-state index in [0.29, 0.717) is 28.6 Å². The smallest absolute Gasteiger partial charge is 0.235 e. The third-order valence-electron chi connectivity index (χ3n) is 2.57. The molecule has 0 saturated heterocycles. The lowest BCUT2D eigenvalue weighted by atomic mass is 10.1. The minimum absolute atomic E-state index is 0.160. The van der Waals surface area contributed by atoms with E-state index in [2.05, 4.69) is 20.6 Å². The fourth-order valence-electron chi connectivity index (χ4n) is 1.70. The van der Waals surface area contributed by atoms with Crippen molar-refractivity contribution in [2.45, 2.75) is 26.3 Å². The number of rotatable bonds is 4. The Morgan fingerprint density at radius 1 is 1.09 bits per heavy atom. The van der Waals surface area contributed by atoms with Crippen molar-refractivity contribution < 1.29 is 9.47 Å². The number of aromatic nitrogens is 2. The Balaban J connectivity index is 2.17. The van der Waals surface area contributed by atoms with Gasteiger partial charge in [0, 0.05) is 5.54 Å². The summed E-state index contributed by atoms with van der Waals surface area (Å²) in [6.45, 7) is 6.03. The van der Waals surface area contributed by atoms with Gasteiger partial charge in [0.25, 0.3) is 0 Å². The van der Waals surface area contributed by atoms with Crippen molar-refractivity contribution in [3.8, 4) is 17.5 Å². The van der Waals surface area contributed by atoms with Crippen LogP contribution in [0, 0.1) is 0 Å². The molecule has 1 aromatic carbocycles. The summed E-state index contributed by atoms with van der Waals surface area (Å²) in [5.74, 6) is 1.72. The minimum Gasteiger partial charge on any atom is -0.481 e. The van der Waals surface area contributed by atoms with Gasteiger partial charge in [-0.1, -0.05) is 18.2 Å². The van der Waals surface area contributed by atoms with E-state index in [-0.39, 0.29) is 5.54 Å². The number of nitrogens with zero attached hydrogens (tertiary/aromatic N) is 2. The first-order valence-electron chi connectivity index (χ1n) is 7.11. The highest BCUT2D eigenvalue weighted by Gasteiger charge is 2.13. The Hall–Kier alpha value is -2.41. The van der Waals surface area contributed by atoms with Crippen LogP contribution in [-0.4, -0.2) is 27.7 Å². The molecule has 23 heavy (non-hydrogen) atoms. The van der Waals surface area contributed by atoms with Gasteiger partial charge < -0.3 is 20.1 Å². The van der Waals surface area contributed by atoms with Crippen molar-refractivity contribution in [2.24, 2.45) is 0 Å². The van der Waals surface area contributed by atoms with Gasteiger partial charge in [0.1, 0.15) is 5.75 Å². The highest BCUT2D eigenvalue weighted by Crippen LogP contribution is 2.23. The second-order valence-electron chi connectivity index (χ2n) is 5.82. The predicted octanol–water partition coefficient (Wildman–Crippen LogP) is 3.36. The van der Waals surface area contributed by atoms with E-state index in [0.717, 1.165) is 0 Å². The summed E-state index contributed by atoms with van der Waals surface area (Å²) in [4.78, 5) is 8.51. The molecule has 2 aromatic rings. The summed E-state index contributed by atoms with van der Waals surface area (Å²) in [6.07, 6.45) is 0. The van der Waals surface area contributed by atoms with Gasteiger partial charge in [0.15, 0.2) is 5.11 Å². The number of anilines is 1. The van der Waals surface area contributed by atoms with Crippen LogP contribution in [-0.2, 0) is 0 Å². The van der Waals surface area contributed by atoms with E-state index in [9.17, 15) is 0 Å². The van der Waals surface area contributed by atoms with Gasteiger partial charge >= 0.3 is 0 Å². The largest absolute Gasteiger partial charge is 0.481 e. The molecule has 0 atom stereocenters. The quantitative estimate of drug-likeness (QED) is 0.832. The SMILES string of the molecule is COc1cc(Oc2ccccc2)nc(NC(=S)NC(C)(C)C)n1. The zero-order valence-corrected chi connectivity index (χ0v) is 14.4. The Bertz CT molecular complexity index is 672. The van der Waals surface area contributed by atoms with Crippen LogP contribution in [0.2, 0.25) is 0 Å². The van der Waals surface area contributed by atoms with Crippen molar-refractivity contribution in [1.82, 2.24) is 15.3 Å². The molecule has 0 saturated carbocycles. The van der Waals surface area contributed by atoms with Crippen LogP contribution < -0.4 is 20.1 Å². The number of para-hydroxylation sites is 1. The summed E-state index contributed by atoms with van der Waals surface area (Å²) >= 11 is 5.25. The van der Waals surface area contributed by atoms with E-state index < -0.39 is 0 Å². The van der Waals surface area contributed by atoms with E-state index >= 15 is 0 Å². The predicted molar refractivity (Wildman–Crippen MR) is 94.2 cm³/mol. The number of ether oxygens (including phenoxy) is 2. The van der Waals surface area contributed by atoms with Crippen LogP contribution in [0.3, 0.4) is 0 Å². The maximum atomic E-state index is 5.71. The van der Waals surface area contributed by atoms with E-state index in [1.165, 1.54) is 7.11 Å². The second-order valence-corrected chi connectivity index (χ2v) is 6.22. The molecule has 0 fully saturated rings. The first-order valence-corrected chi connectivity index (χ1v) is 7.52. The topological polar surface area (TPSA) is 68.3 Å². The molecule has 7 heteroatoms. The monoisotopic (exact) mass is 332 g/mol. The molecule has 0 aliphatic heterocycles. The second kappa shape index (κ2) is 7.23.